The van der Waals surface area contributed by atoms with E-state index in [1.807, 2.05) is 0 Å². The van der Waals surface area contributed by atoms with Crippen LogP contribution in [0.2, 0.25) is 0 Å². The molecular weight excluding hydrogens is 1020 g/mol. The van der Waals surface area contributed by atoms with Crippen LogP contribution in [0.1, 0.15) is 273 Å². The summed E-state index contributed by atoms with van der Waals surface area (Å²) in [4.78, 5) is 71.5. The first-order valence-corrected chi connectivity index (χ1v) is 33.0. The molecule has 76 heavy (non-hydrogen) atoms. The van der Waals surface area contributed by atoms with E-state index in [4.69, 9.17) is 37.0 Å². The van der Waals surface area contributed by atoms with Crippen LogP contribution in [0.25, 0.3) is 0 Å². The van der Waals surface area contributed by atoms with E-state index >= 15 is 0 Å². The van der Waals surface area contributed by atoms with Crippen molar-refractivity contribution in [3.8, 4) is 0 Å². The van der Waals surface area contributed by atoms with Gasteiger partial charge in [-0.3, -0.25) is 37.3 Å². The molecular formula is C57H110O17P2. The zero-order valence-corrected chi connectivity index (χ0v) is 50.3. The van der Waals surface area contributed by atoms with E-state index in [1.54, 1.807) is 0 Å². The van der Waals surface area contributed by atoms with Crippen LogP contribution < -0.4 is 0 Å². The van der Waals surface area contributed by atoms with Crippen LogP contribution in [0.3, 0.4) is 0 Å². The minimum atomic E-state index is -4.94. The lowest BCUT2D eigenvalue weighted by atomic mass is 10.00. The van der Waals surface area contributed by atoms with Gasteiger partial charge in [0.05, 0.1) is 26.4 Å². The summed E-state index contributed by atoms with van der Waals surface area (Å²) < 4.78 is 67.4. The van der Waals surface area contributed by atoms with E-state index in [-0.39, 0.29) is 25.7 Å². The van der Waals surface area contributed by atoms with E-state index in [2.05, 4.69) is 41.5 Å². The normalized spacial score (nSPS) is 14.9. The molecule has 0 rings (SSSR count). The molecule has 3 N–H and O–H groups in total. The maximum Gasteiger partial charge on any atom is 0.472 e. The summed E-state index contributed by atoms with van der Waals surface area (Å²) in [6.07, 6.45) is 29.9. The Labute approximate surface area is 460 Å². The molecule has 0 radical (unpaired) electrons. The third kappa shape index (κ3) is 50.3. The van der Waals surface area contributed by atoms with Crippen molar-refractivity contribution in [1.82, 2.24) is 0 Å². The molecule has 6 atom stereocenters. The third-order valence-corrected chi connectivity index (χ3v) is 15.2. The van der Waals surface area contributed by atoms with Crippen molar-refractivity contribution in [2.24, 2.45) is 11.8 Å². The average Bonchev–Trinajstić information content (AvgIpc) is 3.38. The Balaban J connectivity index is 5.17. The number of esters is 4. The molecule has 450 valence electrons. The van der Waals surface area contributed by atoms with Crippen molar-refractivity contribution < 1.29 is 80.2 Å². The van der Waals surface area contributed by atoms with Gasteiger partial charge in [0.1, 0.15) is 19.3 Å². The van der Waals surface area contributed by atoms with Gasteiger partial charge in [-0.05, 0) is 37.5 Å². The molecule has 0 bridgehead atoms. The Morgan fingerprint density at radius 2 is 0.671 bits per heavy atom. The molecule has 0 fully saturated rings. The highest BCUT2D eigenvalue weighted by atomic mass is 31.2. The van der Waals surface area contributed by atoms with Gasteiger partial charge in [-0.2, -0.15) is 0 Å². The molecule has 0 aromatic carbocycles. The van der Waals surface area contributed by atoms with Gasteiger partial charge in [-0.15, -0.1) is 0 Å². The Bertz CT molecular complexity index is 1520. The largest absolute Gasteiger partial charge is 0.472 e. The summed E-state index contributed by atoms with van der Waals surface area (Å²) in [6, 6.07) is 0. The molecule has 3 unspecified atom stereocenters. The molecule has 0 spiro atoms. The van der Waals surface area contributed by atoms with Crippen molar-refractivity contribution in [2.75, 3.05) is 39.6 Å². The maximum atomic E-state index is 12.9. The van der Waals surface area contributed by atoms with Gasteiger partial charge in [0, 0.05) is 25.7 Å². The van der Waals surface area contributed by atoms with Gasteiger partial charge in [0.15, 0.2) is 12.2 Å². The number of phosphoric ester groups is 2. The van der Waals surface area contributed by atoms with Crippen LogP contribution in [0.5, 0.6) is 0 Å². The number of phosphoric acid groups is 2. The highest BCUT2D eigenvalue weighted by Crippen LogP contribution is 2.45. The van der Waals surface area contributed by atoms with Crippen molar-refractivity contribution in [1.29, 1.82) is 0 Å². The molecule has 0 amide bonds. The zero-order chi connectivity index (χ0) is 56.6. The lowest BCUT2D eigenvalue weighted by Crippen LogP contribution is -2.30. The topological polar surface area (TPSA) is 237 Å². The number of carbonyl (C=O) groups is 4. The second-order valence-electron chi connectivity index (χ2n) is 21.4. The molecule has 0 aliphatic carbocycles. The maximum absolute atomic E-state index is 12.9. The summed E-state index contributed by atoms with van der Waals surface area (Å²) in [5, 5.41) is 10.5. The number of unbranched alkanes of at least 4 members (excludes halogenated alkanes) is 25. The van der Waals surface area contributed by atoms with Gasteiger partial charge in [0.25, 0.3) is 0 Å². The first kappa shape index (κ1) is 74.1. The highest BCUT2D eigenvalue weighted by molar-refractivity contribution is 7.47. The average molecular weight is 1130 g/mol. The van der Waals surface area contributed by atoms with Crippen molar-refractivity contribution in [3.63, 3.8) is 0 Å². The molecule has 19 heteroatoms. The van der Waals surface area contributed by atoms with E-state index in [9.17, 15) is 43.2 Å². The smallest absolute Gasteiger partial charge is 0.462 e. The zero-order valence-electron chi connectivity index (χ0n) is 48.5. The predicted molar refractivity (Wildman–Crippen MR) is 298 cm³/mol. The van der Waals surface area contributed by atoms with Gasteiger partial charge < -0.3 is 33.8 Å². The van der Waals surface area contributed by atoms with Gasteiger partial charge in [-0.25, -0.2) is 9.13 Å². The first-order chi connectivity index (χ1) is 36.4. The van der Waals surface area contributed by atoms with E-state index in [1.165, 1.54) is 64.2 Å². The Kier molecular flexibility index (Phi) is 48.8. The number of carbonyl (C=O) groups excluding carboxylic acids is 4. The van der Waals surface area contributed by atoms with E-state index < -0.39 is 97.5 Å². The Hall–Kier alpha value is -1.94. The summed E-state index contributed by atoms with van der Waals surface area (Å²) in [6.45, 7) is 9.26. The van der Waals surface area contributed by atoms with Crippen molar-refractivity contribution in [2.45, 2.75) is 291 Å². The summed E-state index contributed by atoms with van der Waals surface area (Å²) in [5.41, 5.74) is 0. The van der Waals surface area contributed by atoms with Crippen molar-refractivity contribution >= 4 is 39.5 Å². The Morgan fingerprint density at radius 3 is 1.00 bits per heavy atom. The van der Waals surface area contributed by atoms with Crippen LogP contribution in [0, 0.1) is 11.8 Å². The quantitative estimate of drug-likeness (QED) is 0.0222. The minimum Gasteiger partial charge on any atom is -0.462 e. The summed E-state index contributed by atoms with van der Waals surface area (Å²) in [5.74, 6) is -0.664. The SMILES string of the molecule is CCCCCCCCCC(=O)O[C@H](COC(=O)CCCCCCC)COP(=O)(O)OC[C@H](O)COP(=O)(O)OC[C@@H](COC(=O)CCCCCCCCC(C)CC)OC(=O)CCCCCCCCCCCCCC(C)C. The van der Waals surface area contributed by atoms with Gasteiger partial charge >= 0.3 is 39.5 Å². The van der Waals surface area contributed by atoms with Gasteiger partial charge in [0.2, 0.25) is 0 Å². The van der Waals surface area contributed by atoms with Crippen LogP contribution in [0.15, 0.2) is 0 Å². The second kappa shape index (κ2) is 50.1. The first-order valence-electron chi connectivity index (χ1n) is 30.0. The number of ether oxygens (including phenoxy) is 4. The molecule has 0 saturated carbocycles. The number of hydrogen-bond donors (Lipinski definition) is 3. The lowest BCUT2D eigenvalue weighted by Gasteiger charge is -2.21. The highest BCUT2D eigenvalue weighted by Gasteiger charge is 2.30. The molecule has 0 aliphatic heterocycles. The van der Waals surface area contributed by atoms with Gasteiger partial charge in [-0.1, -0.05) is 221 Å². The Morgan fingerprint density at radius 1 is 0.382 bits per heavy atom. The van der Waals surface area contributed by atoms with Crippen LogP contribution in [0.4, 0.5) is 0 Å². The minimum absolute atomic E-state index is 0.102. The number of rotatable bonds is 56. The predicted octanol–water partition coefficient (Wildman–Crippen LogP) is 14.9. The standard InChI is InChI=1S/C57H110O17P2/c1-7-10-12-14-20-29-35-41-56(61)73-52(45-67-54(59)39-33-25-13-11-8-2)47-71-75(63,64)69-43-51(58)44-70-76(65,66)72-48-53(46-68-55(60)40-34-28-24-23-27-32-38-50(6)9-3)74-57(62)42-36-30-22-19-17-15-16-18-21-26-31-37-49(4)5/h49-53,58H,7-48H2,1-6H3,(H,63,64)(H,65,66)/t50?,51-,52+,53+/m0/s1. The molecule has 17 nitrogen and oxygen atoms in total. The molecule has 0 heterocycles. The number of hydrogen-bond acceptors (Lipinski definition) is 15. The number of aliphatic hydroxyl groups is 1. The summed E-state index contributed by atoms with van der Waals surface area (Å²) in [7, 11) is -9.86. The fraction of sp³-hybridized carbons (Fsp3) is 0.930. The fourth-order valence-electron chi connectivity index (χ4n) is 8.26. The van der Waals surface area contributed by atoms with E-state index in [0.717, 1.165) is 127 Å². The third-order valence-electron chi connectivity index (χ3n) is 13.3. The molecule has 0 aliphatic rings. The van der Waals surface area contributed by atoms with Crippen LogP contribution in [-0.2, 0) is 65.4 Å². The molecule has 0 saturated heterocycles. The number of aliphatic hydroxyl groups excluding tert-OH is 1. The second-order valence-corrected chi connectivity index (χ2v) is 24.3. The molecule has 0 aromatic heterocycles. The van der Waals surface area contributed by atoms with E-state index in [0.29, 0.717) is 25.7 Å². The monoisotopic (exact) mass is 1130 g/mol. The summed E-state index contributed by atoms with van der Waals surface area (Å²) >= 11 is 0. The van der Waals surface area contributed by atoms with Crippen LogP contribution >= 0.6 is 15.6 Å². The molecule has 0 aromatic rings. The lowest BCUT2D eigenvalue weighted by molar-refractivity contribution is -0.161. The fourth-order valence-corrected chi connectivity index (χ4v) is 9.84. The van der Waals surface area contributed by atoms with Crippen molar-refractivity contribution in [3.05, 3.63) is 0 Å². The van der Waals surface area contributed by atoms with Crippen LogP contribution in [-0.4, -0.2) is 96.7 Å².